The van der Waals surface area contributed by atoms with Gasteiger partial charge in [0.05, 0.1) is 27.8 Å². The number of piperidine rings is 3. The highest BCUT2D eigenvalue weighted by atomic mass is 35.5. The summed E-state index contributed by atoms with van der Waals surface area (Å²) in [5.41, 5.74) is 3.08. The van der Waals surface area contributed by atoms with Gasteiger partial charge in [-0.05, 0) is 100 Å². The van der Waals surface area contributed by atoms with Crippen molar-refractivity contribution in [3.05, 3.63) is 63.7 Å². The molecule has 244 valence electrons. The number of hydrogen-bond donors (Lipinski definition) is 2. The second-order valence-corrected chi connectivity index (χ2v) is 13.7. The first-order chi connectivity index (χ1) is 22.3. The molecule has 0 saturated carbocycles. The third-order valence-electron chi connectivity index (χ3n) is 10.5. The van der Waals surface area contributed by atoms with Crippen molar-refractivity contribution in [2.75, 3.05) is 46.3 Å². The van der Waals surface area contributed by atoms with Crippen LogP contribution >= 0.6 is 11.6 Å². The van der Waals surface area contributed by atoms with Crippen molar-refractivity contribution in [3.63, 3.8) is 0 Å². The van der Waals surface area contributed by atoms with Crippen LogP contribution in [0.4, 0.5) is 4.79 Å². The third kappa shape index (κ3) is 6.27. The number of aromatic amines is 2. The van der Waals surface area contributed by atoms with Crippen LogP contribution < -0.4 is 5.69 Å². The molecule has 0 spiro atoms. The Morgan fingerprint density at radius 3 is 2.37 bits per heavy atom. The fourth-order valence-corrected chi connectivity index (χ4v) is 8.11. The van der Waals surface area contributed by atoms with Gasteiger partial charge >= 0.3 is 11.8 Å². The monoisotopic (exact) mass is 647 g/mol. The molecular weight excluding hydrogens is 606 g/mol. The van der Waals surface area contributed by atoms with Crippen molar-refractivity contribution >= 4 is 45.5 Å². The number of ether oxygens (including phenoxy) is 1. The van der Waals surface area contributed by atoms with E-state index < -0.39 is 12.2 Å². The first-order valence-electron chi connectivity index (χ1n) is 16.6. The number of nitrogens with one attached hydrogen (secondary N) is 2. The van der Waals surface area contributed by atoms with E-state index in [1.54, 1.807) is 15.7 Å². The Morgan fingerprint density at radius 2 is 1.63 bits per heavy atom. The van der Waals surface area contributed by atoms with Crippen LogP contribution in [0.5, 0.6) is 0 Å². The number of imidazole rings is 1. The van der Waals surface area contributed by atoms with Gasteiger partial charge < -0.3 is 24.4 Å². The highest BCUT2D eigenvalue weighted by Gasteiger charge is 2.36. The molecule has 0 aliphatic carbocycles. The van der Waals surface area contributed by atoms with Crippen LogP contribution in [-0.4, -0.2) is 98.9 Å². The summed E-state index contributed by atoms with van der Waals surface area (Å²) in [6.45, 7) is 4.50. The van der Waals surface area contributed by atoms with Gasteiger partial charge in [-0.15, -0.1) is 0 Å². The number of aromatic nitrogens is 4. The van der Waals surface area contributed by atoms with E-state index in [2.05, 4.69) is 27.1 Å². The molecule has 3 aliphatic rings. The molecule has 12 heteroatoms. The number of carbonyl (C=O) groups is 2. The predicted molar refractivity (Wildman–Crippen MR) is 177 cm³/mol. The molecule has 2 amide bonds. The van der Waals surface area contributed by atoms with E-state index in [1.807, 2.05) is 41.3 Å². The Hall–Kier alpha value is -3.83. The number of likely N-dealkylation sites (tertiary alicyclic amines) is 3. The highest BCUT2D eigenvalue weighted by molar-refractivity contribution is 6.35. The van der Waals surface area contributed by atoms with E-state index in [0.717, 1.165) is 53.4 Å². The first-order valence-corrected chi connectivity index (χ1v) is 17.0. The van der Waals surface area contributed by atoms with E-state index in [0.29, 0.717) is 55.9 Å². The van der Waals surface area contributed by atoms with Gasteiger partial charge in [0, 0.05) is 44.0 Å². The lowest BCUT2D eigenvalue weighted by molar-refractivity contribution is -0.142. The Bertz CT molecular complexity index is 1760. The van der Waals surface area contributed by atoms with Crippen molar-refractivity contribution < 1.29 is 14.3 Å². The summed E-state index contributed by atoms with van der Waals surface area (Å²) in [7, 11) is 2.18. The third-order valence-corrected chi connectivity index (χ3v) is 10.8. The van der Waals surface area contributed by atoms with Gasteiger partial charge in [0.1, 0.15) is 0 Å². The van der Waals surface area contributed by atoms with Crippen LogP contribution in [0.25, 0.3) is 21.9 Å². The van der Waals surface area contributed by atoms with E-state index in [1.165, 1.54) is 12.8 Å². The number of hydrogen-bond acceptors (Lipinski definition) is 6. The molecule has 7 rings (SSSR count). The van der Waals surface area contributed by atoms with Crippen molar-refractivity contribution in [1.82, 2.24) is 34.4 Å². The molecule has 2 N–H and O–H groups in total. The lowest BCUT2D eigenvalue weighted by atomic mass is 9.79. The first kappa shape index (κ1) is 30.8. The minimum Gasteiger partial charge on any atom is -0.436 e. The summed E-state index contributed by atoms with van der Waals surface area (Å²) in [5, 5.41) is 8.35. The van der Waals surface area contributed by atoms with Gasteiger partial charge in [0.2, 0.25) is 0 Å². The fourth-order valence-electron chi connectivity index (χ4n) is 7.82. The predicted octanol–water partition coefficient (Wildman–Crippen LogP) is 4.82. The number of para-hydroxylation sites is 2. The topological polar surface area (TPSA) is 120 Å². The molecule has 2 aromatic carbocycles. The number of nitrogens with zero attached hydrogens (tertiary/aromatic N) is 5. The van der Waals surface area contributed by atoms with E-state index >= 15 is 0 Å². The molecule has 0 unspecified atom stereocenters. The summed E-state index contributed by atoms with van der Waals surface area (Å²) in [5.74, 6) is 1.19. The van der Waals surface area contributed by atoms with Crippen LogP contribution in [0.1, 0.15) is 50.1 Å². The molecule has 11 nitrogen and oxygen atoms in total. The SMILES string of the molecule is CN1CCC(C2CCN(C(=O)[C@@H](Cc3cc(Cl)c4[nH]ncc4c3)OC(=O)N3CCC(n4c(=O)[nH]c5ccccc54)CC3)CC2)CC1. The van der Waals surface area contributed by atoms with Crippen LogP contribution in [0.3, 0.4) is 0 Å². The molecule has 4 aromatic rings. The number of fused-ring (bicyclic) bond motifs is 2. The van der Waals surface area contributed by atoms with E-state index in [-0.39, 0.29) is 24.1 Å². The van der Waals surface area contributed by atoms with Gasteiger partial charge in [-0.3, -0.25) is 14.5 Å². The Morgan fingerprint density at radius 1 is 0.957 bits per heavy atom. The van der Waals surface area contributed by atoms with Crippen molar-refractivity contribution in [2.45, 2.75) is 57.1 Å². The smallest absolute Gasteiger partial charge is 0.410 e. The zero-order valence-corrected chi connectivity index (χ0v) is 27.0. The van der Waals surface area contributed by atoms with E-state index in [9.17, 15) is 14.4 Å². The van der Waals surface area contributed by atoms with Crippen molar-refractivity contribution in [2.24, 2.45) is 11.8 Å². The minimum absolute atomic E-state index is 0.0279. The number of rotatable bonds is 6. The number of halogens is 1. The summed E-state index contributed by atoms with van der Waals surface area (Å²) in [4.78, 5) is 49.3. The highest BCUT2D eigenvalue weighted by Crippen LogP contribution is 2.33. The lowest BCUT2D eigenvalue weighted by Gasteiger charge is -2.40. The maximum absolute atomic E-state index is 14.0. The summed E-state index contributed by atoms with van der Waals surface area (Å²) < 4.78 is 7.87. The molecule has 5 heterocycles. The number of benzene rings is 2. The summed E-state index contributed by atoms with van der Waals surface area (Å²) in [6.07, 6.45) is 6.09. The minimum atomic E-state index is -0.971. The van der Waals surface area contributed by atoms with Crippen LogP contribution in [0.15, 0.2) is 47.4 Å². The van der Waals surface area contributed by atoms with Crippen molar-refractivity contribution in [1.29, 1.82) is 0 Å². The molecule has 0 bridgehead atoms. The van der Waals surface area contributed by atoms with Crippen molar-refractivity contribution in [3.8, 4) is 0 Å². The zero-order chi connectivity index (χ0) is 31.8. The molecule has 3 fully saturated rings. The van der Waals surface area contributed by atoms with Crippen LogP contribution in [-0.2, 0) is 16.0 Å². The molecule has 3 saturated heterocycles. The molecule has 3 aliphatic heterocycles. The van der Waals surface area contributed by atoms with Crippen LogP contribution in [0, 0.1) is 11.8 Å². The second kappa shape index (κ2) is 13.1. The summed E-state index contributed by atoms with van der Waals surface area (Å²) in [6, 6.07) is 11.4. The average Bonchev–Trinajstić information content (AvgIpc) is 3.68. The Labute approximate surface area is 272 Å². The van der Waals surface area contributed by atoms with Gasteiger partial charge in [-0.2, -0.15) is 5.10 Å². The molecule has 0 radical (unpaired) electrons. The molecular formula is C34H42ClN7O4. The number of amides is 2. The zero-order valence-electron chi connectivity index (χ0n) is 26.3. The normalized spacial score (nSPS) is 20.0. The van der Waals surface area contributed by atoms with Gasteiger partial charge in [0.15, 0.2) is 6.10 Å². The Balaban J connectivity index is 1.03. The van der Waals surface area contributed by atoms with Gasteiger partial charge in [-0.25, -0.2) is 9.59 Å². The number of carbonyl (C=O) groups excluding carboxylic acids is 2. The van der Waals surface area contributed by atoms with E-state index in [4.69, 9.17) is 16.3 Å². The Kier molecular flexibility index (Phi) is 8.78. The maximum Gasteiger partial charge on any atom is 0.410 e. The maximum atomic E-state index is 14.0. The quantitative estimate of drug-likeness (QED) is 0.310. The summed E-state index contributed by atoms with van der Waals surface area (Å²) >= 11 is 6.53. The largest absolute Gasteiger partial charge is 0.436 e. The average molecular weight is 648 g/mol. The molecule has 2 aromatic heterocycles. The second-order valence-electron chi connectivity index (χ2n) is 13.3. The standard InChI is InChI=1S/C34H42ClN7O4/c1-39-12-6-23(7-13-39)24-8-14-40(15-9-24)32(43)30(20-22-18-25-21-36-38-31(25)27(35)19-22)46-34(45)41-16-10-26(11-17-41)42-29-5-3-2-4-28(29)37-33(42)44/h2-5,18-19,21,23-24,26,30H,6-17,20H2,1H3,(H,36,38)(H,37,44)/t30-/m1/s1. The molecule has 46 heavy (non-hydrogen) atoms. The van der Waals surface area contributed by atoms with Crippen LogP contribution in [0.2, 0.25) is 5.02 Å². The van der Waals surface area contributed by atoms with Gasteiger partial charge in [0.25, 0.3) is 5.91 Å². The lowest BCUT2D eigenvalue weighted by Crippen LogP contribution is -2.49. The van der Waals surface area contributed by atoms with Gasteiger partial charge in [-0.1, -0.05) is 23.7 Å². The fraction of sp³-hybridized carbons (Fsp3) is 0.529. The number of H-pyrrole nitrogens is 2. The molecule has 1 atom stereocenters.